The van der Waals surface area contributed by atoms with Crippen molar-refractivity contribution in [1.29, 1.82) is 0 Å². The van der Waals surface area contributed by atoms with E-state index >= 15 is 0 Å². The van der Waals surface area contributed by atoms with Crippen LogP contribution in [0.25, 0.3) is 11.3 Å². The number of anilines is 2. The maximum Gasteiger partial charge on any atom is 0.238 e. The van der Waals surface area contributed by atoms with E-state index in [1.165, 1.54) is 23.1 Å². The maximum absolute atomic E-state index is 12.5. The number of aromatic nitrogens is 1. The predicted molar refractivity (Wildman–Crippen MR) is 118 cm³/mol. The van der Waals surface area contributed by atoms with E-state index in [4.69, 9.17) is 0 Å². The van der Waals surface area contributed by atoms with Gasteiger partial charge in [-0.1, -0.05) is 40.2 Å². The number of amides is 2. The molecule has 0 saturated carbocycles. The molecule has 0 bridgehead atoms. The molecule has 142 valence electrons. The highest BCUT2D eigenvalue weighted by Crippen LogP contribution is 2.37. The quantitative estimate of drug-likeness (QED) is 0.537. The Labute approximate surface area is 179 Å². The first-order valence-electron chi connectivity index (χ1n) is 8.59. The van der Waals surface area contributed by atoms with E-state index < -0.39 is 5.25 Å². The van der Waals surface area contributed by atoms with Gasteiger partial charge in [0.05, 0.1) is 16.6 Å². The Morgan fingerprint density at radius 2 is 1.96 bits per heavy atom. The SMILES string of the molecule is Cc1sc(NC(=O)CC2Sc3ccccc3NC2=O)nc1-c1ccc(Br)cc1. The van der Waals surface area contributed by atoms with Crippen molar-refractivity contribution in [2.75, 3.05) is 10.6 Å². The number of fused-ring (bicyclic) bond motifs is 1. The zero-order chi connectivity index (χ0) is 19.7. The molecule has 2 heterocycles. The topological polar surface area (TPSA) is 71.1 Å². The summed E-state index contributed by atoms with van der Waals surface area (Å²) < 4.78 is 1.00. The molecular formula is C20H16BrN3O2S2. The number of thiazole rings is 1. The summed E-state index contributed by atoms with van der Waals surface area (Å²) in [6.07, 6.45) is 0.0943. The van der Waals surface area contributed by atoms with Crippen LogP contribution in [-0.2, 0) is 9.59 Å². The molecule has 2 aromatic carbocycles. The lowest BCUT2D eigenvalue weighted by Gasteiger charge is -2.23. The van der Waals surface area contributed by atoms with E-state index in [0.29, 0.717) is 5.13 Å². The van der Waals surface area contributed by atoms with Gasteiger partial charge in [0.1, 0.15) is 0 Å². The van der Waals surface area contributed by atoms with Crippen LogP contribution in [0.1, 0.15) is 11.3 Å². The summed E-state index contributed by atoms with van der Waals surface area (Å²) in [6, 6.07) is 15.5. The van der Waals surface area contributed by atoms with E-state index in [1.807, 2.05) is 55.5 Å². The first-order chi connectivity index (χ1) is 13.5. The van der Waals surface area contributed by atoms with Gasteiger partial charge >= 0.3 is 0 Å². The van der Waals surface area contributed by atoms with Crippen LogP contribution < -0.4 is 10.6 Å². The van der Waals surface area contributed by atoms with Gasteiger partial charge in [0.2, 0.25) is 11.8 Å². The highest BCUT2D eigenvalue weighted by atomic mass is 79.9. The lowest BCUT2D eigenvalue weighted by atomic mass is 10.1. The Morgan fingerprint density at radius 1 is 1.21 bits per heavy atom. The summed E-state index contributed by atoms with van der Waals surface area (Å²) in [6.45, 7) is 1.98. The fraction of sp³-hybridized carbons (Fsp3) is 0.150. The van der Waals surface area contributed by atoms with Crippen LogP contribution in [0.5, 0.6) is 0 Å². The number of hydrogen-bond donors (Lipinski definition) is 2. The molecule has 0 radical (unpaired) electrons. The van der Waals surface area contributed by atoms with Gasteiger partial charge in [0.25, 0.3) is 0 Å². The van der Waals surface area contributed by atoms with E-state index in [0.717, 1.165) is 31.2 Å². The molecule has 1 aliphatic heterocycles. The summed E-state index contributed by atoms with van der Waals surface area (Å²) in [5.74, 6) is -0.368. The van der Waals surface area contributed by atoms with Crippen LogP contribution in [0.2, 0.25) is 0 Å². The van der Waals surface area contributed by atoms with Crippen molar-refractivity contribution in [1.82, 2.24) is 4.98 Å². The van der Waals surface area contributed by atoms with Crippen LogP contribution in [0.4, 0.5) is 10.8 Å². The number of carbonyl (C=O) groups excluding carboxylic acids is 2. The molecule has 28 heavy (non-hydrogen) atoms. The van der Waals surface area contributed by atoms with Crippen LogP contribution in [0.15, 0.2) is 57.9 Å². The van der Waals surface area contributed by atoms with Gasteiger partial charge in [-0.25, -0.2) is 4.98 Å². The summed E-state index contributed by atoms with van der Waals surface area (Å²) in [7, 11) is 0. The number of thioether (sulfide) groups is 1. The highest BCUT2D eigenvalue weighted by molar-refractivity contribution is 9.10. The van der Waals surface area contributed by atoms with Crippen molar-refractivity contribution in [3.05, 3.63) is 57.9 Å². The third-order valence-corrected chi connectivity index (χ3v) is 6.93. The minimum absolute atomic E-state index is 0.0943. The molecule has 0 fully saturated rings. The summed E-state index contributed by atoms with van der Waals surface area (Å²) >= 11 is 6.27. The van der Waals surface area contributed by atoms with Gasteiger partial charge < -0.3 is 10.6 Å². The summed E-state index contributed by atoms with van der Waals surface area (Å²) in [4.78, 5) is 31.3. The Balaban J connectivity index is 1.44. The van der Waals surface area contributed by atoms with Gasteiger partial charge in [-0.2, -0.15) is 0 Å². The zero-order valence-electron chi connectivity index (χ0n) is 14.9. The van der Waals surface area contributed by atoms with Crippen LogP contribution in [0.3, 0.4) is 0 Å². The zero-order valence-corrected chi connectivity index (χ0v) is 18.1. The molecule has 0 saturated heterocycles. The average molecular weight is 474 g/mol. The van der Waals surface area contributed by atoms with Crippen molar-refractivity contribution < 1.29 is 9.59 Å². The molecule has 5 nitrogen and oxygen atoms in total. The van der Waals surface area contributed by atoms with E-state index in [1.54, 1.807) is 0 Å². The molecule has 8 heteroatoms. The molecule has 4 rings (SSSR count). The number of rotatable bonds is 4. The van der Waals surface area contributed by atoms with Gasteiger partial charge in [-0.05, 0) is 31.2 Å². The fourth-order valence-corrected chi connectivity index (χ4v) is 5.12. The van der Waals surface area contributed by atoms with Crippen molar-refractivity contribution in [3.8, 4) is 11.3 Å². The monoisotopic (exact) mass is 473 g/mol. The molecule has 1 aromatic heterocycles. The minimum atomic E-state index is -0.457. The molecule has 0 aliphatic carbocycles. The van der Waals surface area contributed by atoms with Gasteiger partial charge in [-0.3, -0.25) is 9.59 Å². The number of benzene rings is 2. The number of hydrogen-bond acceptors (Lipinski definition) is 5. The van der Waals surface area contributed by atoms with E-state index in [9.17, 15) is 9.59 Å². The summed E-state index contributed by atoms with van der Waals surface area (Å²) in [5, 5.41) is 5.79. The molecule has 1 aliphatic rings. The van der Waals surface area contributed by atoms with Crippen LogP contribution in [0, 0.1) is 6.92 Å². The second-order valence-corrected chi connectivity index (χ2v) is 9.64. The fourth-order valence-electron chi connectivity index (χ4n) is 2.89. The van der Waals surface area contributed by atoms with Crippen molar-refractivity contribution in [2.24, 2.45) is 0 Å². The number of nitrogens with zero attached hydrogens (tertiary/aromatic N) is 1. The molecule has 0 spiro atoms. The smallest absolute Gasteiger partial charge is 0.238 e. The van der Waals surface area contributed by atoms with E-state index in [2.05, 4.69) is 31.5 Å². The highest BCUT2D eigenvalue weighted by Gasteiger charge is 2.29. The molecule has 2 amide bonds. The normalized spacial score (nSPS) is 15.6. The van der Waals surface area contributed by atoms with Gasteiger partial charge in [0.15, 0.2) is 5.13 Å². The molecule has 2 N–H and O–H groups in total. The first kappa shape index (κ1) is 19.2. The Kier molecular flexibility index (Phi) is 5.52. The Morgan fingerprint density at radius 3 is 2.75 bits per heavy atom. The van der Waals surface area contributed by atoms with Crippen molar-refractivity contribution in [2.45, 2.75) is 23.5 Å². The molecule has 3 aromatic rings. The van der Waals surface area contributed by atoms with Crippen molar-refractivity contribution in [3.63, 3.8) is 0 Å². The standard InChI is InChI=1S/C20H16BrN3O2S2/c1-11-18(12-6-8-13(21)9-7-12)24-20(27-11)23-17(25)10-16-19(26)22-14-4-2-3-5-15(14)28-16/h2-9,16H,10H2,1H3,(H,22,26)(H,23,24,25). The average Bonchev–Trinajstić information content (AvgIpc) is 3.03. The third-order valence-electron chi connectivity index (χ3n) is 4.24. The number of halogens is 1. The van der Waals surface area contributed by atoms with Gasteiger partial charge in [0, 0.05) is 26.2 Å². The van der Waals surface area contributed by atoms with Crippen molar-refractivity contribution >= 4 is 61.7 Å². The second kappa shape index (κ2) is 8.06. The number of nitrogens with one attached hydrogen (secondary N) is 2. The van der Waals surface area contributed by atoms with E-state index in [-0.39, 0.29) is 18.2 Å². The first-order valence-corrected chi connectivity index (χ1v) is 11.1. The minimum Gasteiger partial charge on any atom is -0.324 e. The largest absolute Gasteiger partial charge is 0.324 e. The third kappa shape index (κ3) is 4.14. The number of para-hydroxylation sites is 1. The molecule has 1 unspecified atom stereocenters. The van der Waals surface area contributed by atoms with Gasteiger partial charge in [-0.15, -0.1) is 23.1 Å². The number of aryl methyl sites for hydroxylation is 1. The van der Waals surface area contributed by atoms with Crippen LogP contribution >= 0.6 is 39.0 Å². The van der Waals surface area contributed by atoms with Crippen LogP contribution in [-0.4, -0.2) is 22.0 Å². The number of carbonyl (C=O) groups is 2. The lowest BCUT2D eigenvalue weighted by molar-refractivity contribution is -0.120. The predicted octanol–water partition coefficient (Wildman–Crippen LogP) is 5.32. The maximum atomic E-state index is 12.5. The Bertz CT molecular complexity index is 1050. The second-order valence-electron chi connectivity index (χ2n) is 6.27. The Hall–Kier alpha value is -2.16. The summed E-state index contributed by atoms with van der Waals surface area (Å²) in [5.41, 5.74) is 2.65. The molecular weight excluding hydrogens is 458 g/mol. The molecule has 1 atom stereocenters. The lowest BCUT2D eigenvalue weighted by Crippen LogP contribution is -2.32.